The Bertz CT molecular complexity index is 1130. The van der Waals surface area contributed by atoms with E-state index in [2.05, 4.69) is 14.8 Å². The summed E-state index contributed by atoms with van der Waals surface area (Å²) in [6.07, 6.45) is 6.60. The first-order valence-electron chi connectivity index (χ1n) is 10.9. The normalized spacial score (nSPS) is 19.4. The number of hydrazone groups is 1. The summed E-state index contributed by atoms with van der Waals surface area (Å²) in [5.41, 5.74) is 1.79. The third-order valence-corrected chi connectivity index (χ3v) is 7.21. The van der Waals surface area contributed by atoms with Gasteiger partial charge in [0, 0.05) is 24.4 Å². The van der Waals surface area contributed by atoms with Gasteiger partial charge in [0.25, 0.3) is 5.91 Å². The van der Waals surface area contributed by atoms with E-state index in [1.54, 1.807) is 11.3 Å². The van der Waals surface area contributed by atoms with Crippen LogP contribution in [-0.4, -0.2) is 36.6 Å². The minimum Gasteiger partial charge on any atom is -0.467 e. The molecule has 0 fully saturated rings. The minimum atomic E-state index is -0.364. The predicted molar refractivity (Wildman–Crippen MR) is 124 cm³/mol. The second kappa shape index (κ2) is 9.11. The van der Waals surface area contributed by atoms with E-state index in [1.165, 1.54) is 18.2 Å². The molecule has 0 saturated heterocycles. The number of rotatable bonds is 5. The number of carbonyl (C=O) groups excluding carboxylic acids is 1. The van der Waals surface area contributed by atoms with E-state index in [1.807, 2.05) is 43.3 Å². The lowest BCUT2D eigenvalue weighted by Crippen LogP contribution is -2.33. The molecule has 32 heavy (non-hydrogen) atoms. The van der Waals surface area contributed by atoms with Gasteiger partial charge in [-0.15, -0.1) is 10.2 Å². The molecule has 2 aliphatic rings. The third kappa shape index (κ3) is 4.21. The van der Waals surface area contributed by atoms with E-state index in [0.717, 1.165) is 53.8 Å². The average molecular weight is 470 g/mol. The Labute approximate surface area is 195 Å². The quantitative estimate of drug-likeness (QED) is 0.485. The molecule has 5 rings (SSSR count). The summed E-state index contributed by atoms with van der Waals surface area (Å²) in [4.78, 5) is 13.5. The molecule has 166 valence electrons. The van der Waals surface area contributed by atoms with Crippen LogP contribution in [-0.2, 0) is 17.8 Å². The lowest BCUT2D eigenvalue weighted by atomic mass is 10.0. The highest BCUT2D eigenvalue weighted by molar-refractivity contribution is 8.00. The van der Waals surface area contributed by atoms with Crippen LogP contribution in [0.4, 0.5) is 0 Å². The number of aromatic nitrogens is 3. The van der Waals surface area contributed by atoms with E-state index in [0.29, 0.717) is 11.4 Å². The summed E-state index contributed by atoms with van der Waals surface area (Å²) in [5, 5.41) is 16.1. The lowest BCUT2D eigenvalue weighted by Gasteiger charge is -2.22. The number of aryl methyl sites for hydroxylation is 1. The number of hydrogen-bond acceptors (Lipinski definition) is 6. The van der Waals surface area contributed by atoms with Crippen molar-refractivity contribution in [2.75, 3.05) is 0 Å². The minimum absolute atomic E-state index is 0.0775. The third-order valence-electron chi connectivity index (χ3n) is 5.89. The van der Waals surface area contributed by atoms with Gasteiger partial charge in [0.05, 0.1) is 17.2 Å². The summed E-state index contributed by atoms with van der Waals surface area (Å²) >= 11 is 7.49. The van der Waals surface area contributed by atoms with Gasteiger partial charge < -0.3 is 8.98 Å². The molecule has 2 unspecified atom stereocenters. The van der Waals surface area contributed by atoms with Gasteiger partial charge in [0.15, 0.2) is 5.16 Å². The fourth-order valence-electron chi connectivity index (χ4n) is 4.17. The highest BCUT2D eigenvalue weighted by Crippen LogP contribution is 2.36. The van der Waals surface area contributed by atoms with Gasteiger partial charge in [0.1, 0.15) is 17.6 Å². The van der Waals surface area contributed by atoms with Crippen molar-refractivity contribution >= 4 is 35.0 Å². The molecule has 4 heterocycles. The summed E-state index contributed by atoms with van der Waals surface area (Å²) in [6, 6.07) is 11.0. The van der Waals surface area contributed by atoms with Crippen LogP contribution in [0.25, 0.3) is 0 Å². The van der Waals surface area contributed by atoms with Crippen molar-refractivity contribution in [2.45, 2.75) is 62.0 Å². The van der Waals surface area contributed by atoms with Gasteiger partial charge in [-0.25, -0.2) is 5.01 Å². The van der Waals surface area contributed by atoms with Gasteiger partial charge >= 0.3 is 0 Å². The molecular formula is C23H24ClN5O2S. The second-order valence-corrected chi connectivity index (χ2v) is 9.84. The standard InChI is InChI=1S/C23H24ClN5O2S/c1-15(32-23-26-25-21-7-3-2-4-12-28(21)23)22(30)29-19(20-6-5-13-31-20)14-18(27-29)16-8-10-17(24)11-9-16/h5-6,8-11,13,15,19H,2-4,7,12,14H2,1H3. The number of halogens is 1. The summed E-state index contributed by atoms with van der Waals surface area (Å²) < 4.78 is 7.82. The molecule has 9 heteroatoms. The van der Waals surface area contributed by atoms with Crippen molar-refractivity contribution in [3.8, 4) is 0 Å². The Morgan fingerprint density at radius 2 is 2.03 bits per heavy atom. The van der Waals surface area contributed by atoms with Gasteiger partial charge in [0.2, 0.25) is 0 Å². The van der Waals surface area contributed by atoms with Crippen LogP contribution in [0.15, 0.2) is 57.3 Å². The summed E-state index contributed by atoms with van der Waals surface area (Å²) in [7, 11) is 0. The molecule has 7 nitrogen and oxygen atoms in total. The van der Waals surface area contributed by atoms with Crippen LogP contribution < -0.4 is 0 Å². The molecule has 2 aromatic heterocycles. The highest BCUT2D eigenvalue weighted by Gasteiger charge is 2.37. The number of thioether (sulfide) groups is 1. The van der Waals surface area contributed by atoms with Crippen LogP contribution in [0.1, 0.15) is 55.8 Å². The Kier molecular flexibility index (Phi) is 6.06. The van der Waals surface area contributed by atoms with Gasteiger partial charge in [-0.2, -0.15) is 5.10 Å². The number of amides is 1. The smallest absolute Gasteiger partial charge is 0.256 e. The number of nitrogens with zero attached hydrogens (tertiary/aromatic N) is 5. The molecule has 0 saturated carbocycles. The van der Waals surface area contributed by atoms with Crippen LogP contribution in [0, 0.1) is 0 Å². The number of carbonyl (C=O) groups is 1. The highest BCUT2D eigenvalue weighted by atomic mass is 35.5. The molecule has 0 radical (unpaired) electrons. The maximum atomic E-state index is 13.5. The molecule has 0 N–H and O–H groups in total. The molecule has 1 amide bonds. The van der Waals surface area contributed by atoms with Crippen molar-refractivity contribution in [3.05, 3.63) is 64.8 Å². The zero-order chi connectivity index (χ0) is 22.1. The van der Waals surface area contributed by atoms with Crippen molar-refractivity contribution in [2.24, 2.45) is 5.10 Å². The van der Waals surface area contributed by atoms with E-state index < -0.39 is 0 Å². The topological polar surface area (TPSA) is 76.5 Å². The fourth-order valence-corrected chi connectivity index (χ4v) is 5.24. The van der Waals surface area contributed by atoms with Gasteiger partial charge in [-0.05, 0) is 49.6 Å². The molecule has 0 spiro atoms. The Morgan fingerprint density at radius 1 is 1.19 bits per heavy atom. The molecular weight excluding hydrogens is 446 g/mol. The average Bonchev–Trinajstić information content (AvgIpc) is 3.51. The number of hydrogen-bond donors (Lipinski definition) is 0. The van der Waals surface area contributed by atoms with Crippen LogP contribution >= 0.6 is 23.4 Å². The predicted octanol–water partition coefficient (Wildman–Crippen LogP) is 5.11. The number of fused-ring (bicyclic) bond motifs is 1. The maximum Gasteiger partial charge on any atom is 0.256 e. The first-order valence-corrected chi connectivity index (χ1v) is 12.1. The Hall–Kier alpha value is -2.58. The molecule has 0 bridgehead atoms. The van der Waals surface area contributed by atoms with Crippen LogP contribution in [0.5, 0.6) is 0 Å². The van der Waals surface area contributed by atoms with E-state index in [9.17, 15) is 4.79 Å². The van der Waals surface area contributed by atoms with Gasteiger partial charge in [-0.3, -0.25) is 4.79 Å². The van der Waals surface area contributed by atoms with E-state index >= 15 is 0 Å². The summed E-state index contributed by atoms with van der Waals surface area (Å²) in [6.45, 7) is 2.81. The largest absolute Gasteiger partial charge is 0.467 e. The SMILES string of the molecule is CC(Sc1nnc2n1CCCCC2)C(=O)N1N=C(c2ccc(Cl)cc2)CC1c1ccco1. The zero-order valence-electron chi connectivity index (χ0n) is 17.8. The maximum absolute atomic E-state index is 13.5. The van der Waals surface area contributed by atoms with Gasteiger partial charge in [-0.1, -0.05) is 41.9 Å². The first kappa shape index (κ1) is 21.3. The Balaban J connectivity index is 1.39. The second-order valence-electron chi connectivity index (χ2n) is 8.09. The van der Waals surface area contributed by atoms with Crippen LogP contribution in [0.3, 0.4) is 0 Å². The molecule has 3 aromatic rings. The van der Waals surface area contributed by atoms with Crippen molar-refractivity contribution in [1.82, 2.24) is 19.8 Å². The van der Waals surface area contributed by atoms with Crippen molar-refractivity contribution in [3.63, 3.8) is 0 Å². The van der Waals surface area contributed by atoms with Crippen molar-refractivity contribution in [1.29, 1.82) is 0 Å². The Morgan fingerprint density at radius 3 is 2.81 bits per heavy atom. The lowest BCUT2D eigenvalue weighted by molar-refractivity contribution is -0.132. The number of furan rings is 1. The molecule has 1 aromatic carbocycles. The fraction of sp³-hybridized carbons (Fsp3) is 0.391. The van der Waals surface area contributed by atoms with Crippen LogP contribution in [0.2, 0.25) is 5.02 Å². The monoisotopic (exact) mass is 469 g/mol. The van der Waals surface area contributed by atoms with Crippen molar-refractivity contribution < 1.29 is 9.21 Å². The van der Waals surface area contributed by atoms with E-state index in [-0.39, 0.29) is 17.2 Å². The number of benzene rings is 1. The summed E-state index contributed by atoms with van der Waals surface area (Å²) in [5.74, 6) is 1.66. The van der Waals surface area contributed by atoms with E-state index in [4.69, 9.17) is 21.1 Å². The molecule has 0 aliphatic carbocycles. The molecule has 2 aliphatic heterocycles. The zero-order valence-corrected chi connectivity index (χ0v) is 19.3. The first-order chi connectivity index (χ1) is 15.6. The molecule has 2 atom stereocenters.